The van der Waals surface area contributed by atoms with Crippen molar-refractivity contribution < 1.29 is 24.2 Å². The second-order valence-electron chi connectivity index (χ2n) is 7.90. The third-order valence-electron chi connectivity index (χ3n) is 6.10. The number of carbonyl (C=O) groups is 3. The zero-order chi connectivity index (χ0) is 19.8. The quantitative estimate of drug-likeness (QED) is 0.788. The van der Waals surface area contributed by atoms with Gasteiger partial charge in [-0.3, -0.25) is 14.4 Å². The van der Waals surface area contributed by atoms with E-state index in [2.05, 4.69) is 0 Å². The number of esters is 1. The number of likely N-dealkylation sites (tertiary alicyclic amines) is 1. The van der Waals surface area contributed by atoms with Gasteiger partial charge in [0.25, 0.3) is 0 Å². The van der Waals surface area contributed by atoms with Gasteiger partial charge < -0.3 is 14.7 Å². The van der Waals surface area contributed by atoms with Crippen molar-refractivity contribution in [2.75, 3.05) is 13.7 Å². The average Bonchev–Trinajstić information content (AvgIpc) is 2.92. The molecule has 142 valence electrons. The van der Waals surface area contributed by atoms with Crippen LogP contribution in [0.1, 0.15) is 46.1 Å². The largest absolute Gasteiger partial charge is 0.481 e. The normalized spacial score (nSPS) is 21.0. The molecule has 0 aliphatic carbocycles. The first kappa shape index (κ1) is 19.9. The molecular weight excluding hydrogens is 334 g/mol. The molecular formula is C20H27NO5. The smallest absolute Gasteiger partial charge is 0.313 e. The lowest BCUT2D eigenvalue weighted by molar-refractivity contribution is -0.163. The predicted octanol–water partition coefficient (Wildman–Crippen LogP) is 2.61. The van der Waals surface area contributed by atoms with E-state index in [-0.39, 0.29) is 12.3 Å². The Balaban J connectivity index is 2.49. The van der Waals surface area contributed by atoms with Crippen LogP contribution in [0.15, 0.2) is 30.3 Å². The van der Waals surface area contributed by atoms with Crippen LogP contribution in [0.25, 0.3) is 0 Å². The molecule has 0 bridgehead atoms. The van der Waals surface area contributed by atoms with E-state index in [9.17, 15) is 19.5 Å². The van der Waals surface area contributed by atoms with E-state index in [1.165, 1.54) is 7.11 Å². The molecule has 6 heteroatoms. The molecule has 6 nitrogen and oxygen atoms in total. The van der Waals surface area contributed by atoms with E-state index in [4.69, 9.17) is 4.74 Å². The first-order valence-electron chi connectivity index (χ1n) is 8.68. The monoisotopic (exact) mass is 361 g/mol. The number of carboxylic acids is 1. The van der Waals surface area contributed by atoms with Crippen LogP contribution in [0.5, 0.6) is 0 Å². The Morgan fingerprint density at radius 1 is 1.19 bits per heavy atom. The topological polar surface area (TPSA) is 83.9 Å². The van der Waals surface area contributed by atoms with Crippen LogP contribution in [0.2, 0.25) is 0 Å². The van der Waals surface area contributed by atoms with Gasteiger partial charge in [0.15, 0.2) is 0 Å². The number of amides is 1. The molecule has 1 fully saturated rings. The molecule has 1 amide bonds. The summed E-state index contributed by atoms with van der Waals surface area (Å²) in [6, 6.07) is 9.03. The number of hydrogen-bond donors (Lipinski definition) is 1. The lowest BCUT2D eigenvalue weighted by Gasteiger charge is -2.46. The molecule has 1 aromatic carbocycles. The summed E-state index contributed by atoms with van der Waals surface area (Å²) in [5.74, 6) is -1.69. The number of ether oxygens (including phenoxy) is 1. The molecule has 0 aromatic heterocycles. The van der Waals surface area contributed by atoms with Crippen LogP contribution in [-0.4, -0.2) is 47.0 Å². The molecule has 1 atom stereocenters. The molecule has 1 heterocycles. The van der Waals surface area contributed by atoms with Crippen LogP contribution in [0, 0.1) is 5.41 Å². The summed E-state index contributed by atoms with van der Waals surface area (Å²) in [6.45, 7) is 7.51. The van der Waals surface area contributed by atoms with Crippen molar-refractivity contribution in [2.45, 2.75) is 51.5 Å². The van der Waals surface area contributed by atoms with Crippen molar-refractivity contribution >= 4 is 17.8 Å². The van der Waals surface area contributed by atoms with Gasteiger partial charge in [0.05, 0.1) is 29.9 Å². The highest BCUT2D eigenvalue weighted by molar-refractivity contribution is 5.95. The summed E-state index contributed by atoms with van der Waals surface area (Å²) in [6.07, 6.45) is 0.115. The number of carboxylic acid groups (broad SMARTS) is 1. The number of benzene rings is 1. The molecule has 1 aromatic rings. The van der Waals surface area contributed by atoms with E-state index in [0.717, 1.165) is 0 Å². The maximum Gasteiger partial charge on any atom is 0.313 e. The molecule has 26 heavy (non-hydrogen) atoms. The molecule has 1 aliphatic heterocycles. The third kappa shape index (κ3) is 2.97. The molecule has 0 saturated carbocycles. The molecule has 1 aliphatic rings. The maximum absolute atomic E-state index is 13.5. The summed E-state index contributed by atoms with van der Waals surface area (Å²) in [7, 11) is 1.32. The van der Waals surface area contributed by atoms with Gasteiger partial charge >= 0.3 is 11.9 Å². The Hall–Kier alpha value is -2.37. The summed E-state index contributed by atoms with van der Waals surface area (Å²) in [5.41, 5.74) is -2.21. The first-order chi connectivity index (χ1) is 12.0. The fourth-order valence-electron chi connectivity index (χ4n) is 3.69. The Morgan fingerprint density at radius 3 is 2.27 bits per heavy atom. The molecule has 2 rings (SSSR count). The van der Waals surface area contributed by atoms with E-state index in [1.54, 1.807) is 43.0 Å². The molecule has 0 radical (unpaired) electrons. The SMILES string of the molecule is COC(=O)C(C)(C)C(C)(C)N1CCC(CC(=O)O)(c2ccccc2)C1=O. The number of hydrogen-bond acceptors (Lipinski definition) is 4. The van der Waals surface area contributed by atoms with Gasteiger partial charge in [0.1, 0.15) is 0 Å². The second kappa shape index (κ2) is 6.74. The Morgan fingerprint density at radius 2 is 1.77 bits per heavy atom. The fraction of sp³-hybridized carbons (Fsp3) is 0.550. The van der Waals surface area contributed by atoms with Gasteiger partial charge in [-0.15, -0.1) is 0 Å². The summed E-state index contributed by atoms with van der Waals surface area (Å²) >= 11 is 0. The number of rotatable bonds is 6. The van der Waals surface area contributed by atoms with Gasteiger partial charge in [0.2, 0.25) is 5.91 Å². The van der Waals surface area contributed by atoms with Gasteiger partial charge in [-0.25, -0.2) is 0 Å². The average molecular weight is 361 g/mol. The van der Waals surface area contributed by atoms with Gasteiger partial charge in [-0.05, 0) is 39.7 Å². The summed E-state index contributed by atoms with van der Waals surface area (Å²) in [4.78, 5) is 39.0. The fourth-order valence-corrected chi connectivity index (χ4v) is 3.69. The minimum Gasteiger partial charge on any atom is -0.481 e. The highest BCUT2D eigenvalue weighted by atomic mass is 16.5. The van der Waals surface area contributed by atoms with Crippen molar-refractivity contribution in [3.63, 3.8) is 0 Å². The Labute approximate surface area is 154 Å². The number of aliphatic carboxylic acids is 1. The molecule has 0 spiro atoms. The second-order valence-corrected chi connectivity index (χ2v) is 7.90. The molecule has 1 saturated heterocycles. The predicted molar refractivity (Wildman–Crippen MR) is 96.6 cm³/mol. The van der Waals surface area contributed by atoms with Crippen molar-refractivity contribution in [3.8, 4) is 0 Å². The van der Waals surface area contributed by atoms with Crippen LogP contribution in [0.4, 0.5) is 0 Å². The summed E-state index contributed by atoms with van der Waals surface area (Å²) in [5, 5.41) is 9.45. The lowest BCUT2D eigenvalue weighted by Crippen LogP contribution is -2.59. The number of carbonyl (C=O) groups excluding carboxylic acids is 2. The van der Waals surface area contributed by atoms with E-state index >= 15 is 0 Å². The van der Waals surface area contributed by atoms with Gasteiger partial charge in [-0.1, -0.05) is 30.3 Å². The third-order valence-corrected chi connectivity index (χ3v) is 6.10. The lowest BCUT2D eigenvalue weighted by atomic mass is 9.72. The first-order valence-corrected chi connectivity index (χ1v) is 8.68. The minimum atomic E-state index is -1.11. The molecule has 1 N–H and O–H groups in total. The van der Waals surface area contributed by atoms with E-state index < -0.39 is 28.3 Å². The van der Waals surface area contributed by atoms with Gasteiger partial charge in [-0.2, -0.15) is 0 Å². The van der Waals surface area contributed by atoms with Crippen LogP contribution >= 0.6 is 0 Å². The van der Waals surface area contributed by atoms with E-state index in [1.807, 2.05) is 19.9 Å². The summed E-state index contributed by atoms with van der Waals surface area (Å²) < 4.78 is 4.93. The number of methoxy groups -OCH3 is 1. The maximum atomic E-state index is 13.5. The van der Waals surface area contributed by atoms with E-state index in [0.29, 0.717) is 18.5 Å². The highest BCUT2D eigenvalue weighted by Gasteiger charge is 2.57. The Bertz CT molecular complexity index is 710. The Kier molecular flexibility index (Phi) is 5.17. The minimum absolute atomic E-state index is 0.256. The van der Waals surface area contributed by atoms with Crippen LogP contribution in [-0.2, 0) is 24.5 Å². The van der Waals surface area contributed by atoms with Crippen molar-refractivity contribution in [3.05, 3.63) is 35.9 Å². The van der Waals surface area contributed by atoms with Crippen molar-refractivity contribution in [1.82, 2.24) is 4.90 Å². The highest BCUT2D eigenvalue weighted by Crippen LogP contribution is 2.46. The zero-order valence-corrected chi connectivity index (χ0v) is 16.0. The van der Waals surface area contributed by atoms with Crippen molar-refractivity contribution in [1.29, 1.82) is 0 Å². The van der Waals surface area contributed by atoms with Crippen LogP contribution < -0.4 is 0 Å². The molecule has 1 unspecified atom stereocenters. The van der Waals surface area contributed by atoms with Gasteiger partial charge in [0, 0.05) is 6.54 Å². The standard InChI is InChI=1S/C20H27NO5/c1-18(2,17(25)26-5)19(3,4)21-12-11-20(16(21)24,13-15(22)23)14-9-7-6-8-10-14/h6-10H,11-13H2,1-5H3,(H,22,23). The van der Waals surface area contributed by atoms with Crippen molar-refractivity contribution in [2.24, 2.45) is 5.41 Å². The number of nitrogens with zero attached hydrogens (tertiary/aromatic N) is 1. The zero-order valence-electron chi connectivity index (χ0n) is 16.0. The van der Waals surface area contributed by atoms with Crippen LogP contribution in [0.3, 0.4) is 0 Å².